The van der Waals surface area contributed by atoms with Crippen LogP contribution in [0, 0.1) is 5.41 Å². The highest BCUT2D eigenvalue weighted by atomic mass is 16.5. The smallest absolute Gasteiger partial charge is 0.134 e. The second-order valence-electron chi connectivity index (χ2n) is 3.89. The fourth-order valence-corrected chi connectivity index (χ4v) is 1.74. The van der Waals surface area contributed by atoms with Crippen molar-refractivity contribution in [3.8, 4) is 0 Å². The molecule has 74 valence electrons. The first-order valence-corrected chi connectivity index (χ1v) is 4.75. The van der Waals surface area contributed by atoms with Crippen LogP contribution in [0.4, 0.5) is 0 Å². The molecule has 14 heavy (non-hydrogen) atoms. The van der Waals surface area contributed by atoms with Crippen molar-refractivity contribution in [3.05, 3.63) is 48.2 Å². The summed E-state index contributed by atoms with van der Waals surface area (Å²) in [6, 6.07) is 9.98. The Balaban J connectivity index is 2.29. The maximum absolute atomic E-state index is 9.33. The summed E-state index contributed by atoms with van der Waals surface area (Å²) in [5, 5.41) is 9.33. The molecule has 1 aliphatic rings. The molecule has 2 unspecified atom stereocenters. The number of hydrogen-bond acceptors (Lipinski definition) is 2. The highest BCUT2D eigenvalue weighted by Gasteiger charge is 2.37. The van der Waals surface area contributed by atoms with Gasteiger partial charge in [-0.2, -0.15) is 0 Å². The molecule has 2 rings (SSSR count). The zero-order valence-corrected chi connectivity index (χ0v) is 8.18. The molecular formula is C12H14O2. The summed E-state index contributed by atoms with van der Waals surface area (Å²) < 4.78 is 5.50. The van der Waals surface area contributed by atoms with E-state index in [0.29, 0.717) is 0 Å². The number of ether oxygens (including phenoxy) is 1. The molecule has 2 heteroatoms. The predicted octanol–water partition coefficient (Wildman–Crippen LogP) is 2.27. The van der Waals surface area contributed by atoms with Crippen LogP contribution in [-0.2, 0) is 4.74 Å². The van der Waals surface area contributed by atoms with Crippen LogP contribution >= 0.6 is 0 Å². The number of benzene rings is 1. The van der Waals surface area contributed by atoms with Crippen LogP contribution in [0.2, 0.25) is 0 Å². The fraction of sp³-hybridized carbons (Fsp3) is 0.333. The molecule has 0 amide bonds. The lowest BCUT2D eigenvalue weighted by Gasteiger charge is -2.27. The standard InChI is InChI=1S/C12H14O2/c1-12(9-13)7-8-14-11(12)10-5-3-2-4-6-10/h2-8,11,13H,9H2,1H3. The molecule has 1 aromatic carbocycles. The van der Waals surface area contributed by atoms with E-state index in [2.05, 4.69) is 0 Å². The molecule has 0 aliphatic carbocycles. The largest absolute Gasteiger partial charge is 0.493 e. The molecule has 0 fully saturated rings. The zero-order chi connectivity index (χ0) is 10.0. The van der Waals surface area contributed by atoms with Crippen molar-refractivity contribution in [1.29, 1.82) is 0 Å². The third-order valence-corrected chi connectivity index (χ3v) is 2.71. The highest BCUT2D eigenvalue weighted by Crippen LogP contribution is 2.42. The minimum absolute atomic E-state index is 0.0614. The molecule has 2 nitrogen and oxygen atoms in total. The van der Waals surface area contributed by atoms with Crippen LogP contribution in [-0.4, -0.2) is 11.7 Å². The van der Waals surface area contributed by atoms with Crippen molar-refractivity contribution >= 4 is 0 Å². The van der Waals surface area contributed by atoms with Gasteiger partial charge >= 0.3 is 0 Å². The Morgan fingerprint density at radius 1 is 1.36 bits per heavy atom. The van der Waals surface area contributed by atoms with E-state index in [-0.39, 0.29) is 18.1 Å². The maximum atomic E-state index is 9.33. The lowest BCUT2D eigenvalue weighted by Crippen LogP contribution is -2.24. The van der Waals surface area contributed by atoms with E-state index in [4.69, 9.17) is 4.74 Å². The van der Waals surface area contributed by atoms with E-state index < -0.39 is 0 Å². The highest BCUT2D eigenvalue weighted by molar-refractivity contribution is 5.24. The van der Waals surface area contributed by atoms with Crippen molar-refractivity contribution in [1.82, 2.24) is 0 Å². The molecule has 1 heterocycles. The number of aliphatic hydroxyl groups is 1. The lowest BCUT2D eigenvalue weighted by molar-refractivity contribution is 0.0439. The summed E-state index contributed by atoms with van der Waals surface area (Å²) >= 11 is 0. The van der Waals surface area contributed by atoms with Gasteiger partial charge in [-0.05, 0) is 18.6 Å². The number of hydrogen-bond donors (Lipinski definition) is 1. The normalized spacial score (nSPS) is 30.3. The van der Waals surface area contributed by atoms with Gasteiger partial charge in [0.1, 0.15) is 6.10 Å². The van der Waals surface area contributed by atoms with Gasteiger partial charge in [0.15, 0.2) is 0 Å². The molecule has 0 saturated carbocycles. The summed E-state index contributed by atoms with van der Waals surface area (Å²) in [6.45, 7) is 2.09. The van der Waals surface area contributed by atoms with Gasteiger partial charge in [-0.1, -0.05) is 30.3 Å². The maximum Gasteiger partial charge on any atom is 0.134 e. The van der Waals surface area contributed by atoms with E-state index in [9.17, 15) is 5.11 Å². The minimum atomic E-state index is -0.290. The summed E-state index contributed by atoms with van der Waals surface area (Å²) in [5.74, 6) is 0. The van der Waals surface area contributed by atoms with Gasteiger partial charge in [0.25, 0.3) is 0 Å². The van der Waals surface area contributed by atoms with Crippen LogP contribution in [0.25, 0.3) is 0 Å². The summed E-state index contributed by atoms with van der Waals surface area (Å²) in [7, 11) is 0. The molecule has 0 aromatic heterocycles. The fourth-order valence-electron chi connectivity index (χ4n) is 1.74. The van der Waals surface area contributed by atoms with E-state index >= 15 is 0 Å². The van der Waals surface area contributed by atoms with E-state index in [0.717, 1.165) is 5.56 Å². The Kier molecular flexibility index (Phi) is 2.30. The monoisotopic (exact) mass is 190 g/mol. The van der Waals surface area contributed by atoms with Crippen molar-refractivity contribution in [2.75, 3.05) is 6.61 Å². The predicted molar refractivity (Wildman–Crippen MR) is 54.6 cm³/mol. The van der Waals surface area contributed by atoms with Gasteiger partial charge < -0.3 is 9.84 Å². The molecule has 0 saturated heterocycles. The van der Waals surface area contributed by atoms with Gasteiger partial charge in [-0.15, -0.1) is 0 Å². The molecule has 1 aliphatic heterocycles. The molecule has 0 spiro atoms. The quantitative estimate of drug-likeness (QED) is 0.775. The Labute approximate surface area is 83.8 Å². The van der Waals surface area contributed by atoms with Crippen LogP contribution < -0.4 is 0 Å². The van der Waals surface area contributed by atoms with Gasteiger partial charge in [0, 0.05) is 0 Å². The minimum Gasteiger partial charge on any atom is -0.493 e. The Hall–Kier alpha value is -1.28. The van der Waals surface area contributed by atoms with Crippen molar-refractivity contribution in [3.63, 3.8) is 0 Å². The number of rotatable bonds is 2. The second kappa shape index (κ2) is 3.46. The lowest BCUT2D eigenvalue weighted by atomic mass is 9.83. The van der Waals surface area contributed by atoms with Gasteiger partial charge in [-0.3, -0.25) is 0 Å². The van der Waals surface area contributed by atoms with Crippen LogP contribution in [0.1, 0.15) is 18.6 Å². The van der Waals surface area contributed by atoms with E-state index in [1.165, 1.54) is 0 Å². The first-order valence-electron chi connectivity index (χ1n) is 4.75. The van der Waals surface area contributed by atoms with Crippen molar-refractivity contribution in [2.45, 2.75) is 13.0 Å². The van der Waals surface area contributed by atoms with Crippen LogP contribution in [0.5, 0.6) is 0 Å². The summed E-state index contributed by atoms with van der Waals surface area (Å²) in [4.78, 5) is 0. The van der Waals surface area contributed by atoms with E-state index in [1.54, 1.807) is 6.26 Å². The molecule has 0 radical (unpaired) electrons. The first kappa shape index (κ1) is 9.28. The Bertz CT molecular complexity index is 331. The summed E-state index contributed by atoms with van der Waals surface area (Å²) in [5.41, 5.74) is 0.815. The third kappa shape index (κ3) is 1.42. The molecule has 1 N–H and O–H groups in total. The van der Waals surface area contributed by atoms with Crippen molar-refractivity contribution < 1.29 is 9.84 Å². The van der Waals surface area contributed by atoms with Crippen LogP contribution in [0.15, 0.2) is 42.7 Å². The van der Waals surface area contributed by atoms with Crippen LogP contribution in [0.3, 0.4) is 0 Å². The third-order valence-electron chi connectivity index (χ3n) is 2.71. The molecule has 2 atom stereocenters. The first-order chi connectivity index (χ1) is 6.76. The summed E-state index contributed by atoms with van der Waals surface area (Å²) in [6.07, 6.45) is 3.53. The average molecular weight is 190 g/mol. The Morgan fingerprint density at radius 3 is 2.71 bits per heavy atom. The molecule has 1 aromatic rings. The van der Waals surface area contributed by atoms with Crippen molar-refractivity contribution in [2.24, 2.45) is 5.41 Å². The number of aliphatic hydroxyl groups excluding tert-OH is 1. The average Bonchev–Trinajstić information content (AvgIpc) is 2.63. The second-order valence-corrected chi connectivity index (χ2v) is 3.89. The topological polar surface area (TPSA) is 29.5 Å². The van der Waals surface area contributed by atoms with Gasteiger partial charge in [0.05, 0.1) is 18.3 Å². The SMILES string of the molecule is CC1(CO)C=COC1c1ccccc1. The Morgan fingerprint density at radius 2 is 2.07 bits per heavy atom. The molecular weight excluding hydrogens is 176 g/mol. The zero-order valence-electron chi connectivity index (χ0n) is 8.18. The molecule has 0 bridgehead atoms. The van der Waals surface area contributed by atoms with Gasteiger partial charge in [0.2, 0.25) is 0 Å². The van der Waals surface area contributed by atoms with E-state index in [1.807, 2.05) is 43.3 Å². The van der Waals surface area contributed by atoms with Gasteiger partial charge in [-0.25, -0.2) is 0 Å².